The predicted octanol–water partition coefficient (Wildman–Crippen LogP) is 1.34. The van der Waals surface area contributed by atoms with Crippen molar-refractivity contribution in [3.8, 4) is 0 Å². The van der Waals surface area contributed by atoms with Crippen molar-refractivity contribution in [2.45, 2.75) is 31.6 Å². The summed E-state index contributed by atoms with van der Waals surface area (Å²) in [5.74, 6) is -0.661. The Kier molecular flexibility index (Phi) is 5.47. The number of carbonyl (C=O) groups is 2. The molecule has 1 saturated heterocycles. The molecule has 0 aliphatic carbocycles. The number of hydrogen-bond acceptors (Lipinski definition) is 5. The predicted molar refractivity (Wildman–Crippen MR) is 89.9 cm³/mol. The van der Waals surface area contributed by atoms with Gasteiger partial charge in [0.05, 0.1) is 24.5 Å². The van der Waals surface area contributed by atoms with Gasteiger partial charge in [-0.3, -0.25) is 4.79 Å². The van der Waals surface area contributed by atoms with Crippen LogP contribution in [0.4, 0.5) is 18.0 Å². The van der Waals surface area contributed by atoms with E-state index < -0.39 is 17.8 Å². The quantitative estimate of drug-likeness (QED) is 0.807. The van der Waals surface area contributed by atoms with E-state index in [2.05, 4.69) is 20.6 Å². The molecule has 2 aromatic rings. The monoisotopic (exact) mass is 397 g/mol. The van der Waals surface area contributed by atoms with Crippen molar-refractivity contribution in [1.29, 1.82) is 0 Å². The number of nitrogens with two attached hydrogens (primary N) is 1. The van der Waals surface area contributed by atoms with Crippen molar-refractivity contribution < 1.29 is 22.8 Å². The second-order valence-corrected chi connectivity index (χ2v) is 6.34. The Morgan fingerprint density at radius 3 is 2.57 bits per heavy atom. The van der Waals surface area contributed by atoms with Crippen molar-refractivity contribution in [1.82, 2.24) is 30.2 Å². The van der Waals surface area contributed by atoms with E-state index in [-0.39, 0.29) is 30.0 Å². The molecular formula is C16H18F3N7O2. The van der Waals surface area contributed by atoms with E-state index in [0.717, 1.165) is 6.07 Å². The Hall–Kier alpha value is -3.18. The van der Waals surface area contributed by atoms with Crippen molar-refractivity contribution in [3.05, 3.63) is 41.5 Å². The first-order chi connectivity index (χ1) is 13.2. The molecule has 0 radical (unpaired) electrons. The van der Waals surface area contributed by atoms with E-state index >= 15 is 0 Å². The number of aromatic nitrogens is 4. The zero-order valence-electron chi connectivity index (χ0n) is 14.7. The molecule has 0 saturated carbocycles. The van der Waals surface area contributed by atoms with Gasteiger partial charge >= 0.3 is 12.2 Å². The molecule has 3 rings (SSSR count). The molecule has 0 atom stereocenters. The number of alkyl halides is 3. The summed E-state index contributed by atoms with van der Waals surface area (Å²) >= 11 is 0. The number of pyridine rings is 1. The molecule has 1 fully saturated rings. The molecule has 0 spiro atoms. The summed E-state index contributed by atoms with van der Waals surface area (Å²) in [4.78, 5) is 28.4. The third-order valence-corrected chi connectivity index (χ3v) is 4.41. The van der Waals surface area contributed by atoms with Gasteiger partial charge in [0.2, 0.25) is 0 Å². The van der Waals surface area contributed by atoms with Crippen molar-refractivity contribution in [3.63, 3.8) is 0 Å². The highest BCUT2D eigenvalue weighted by Gasteiger charge is 2.32. The van der Waals surface area contributed by atoms with E-state index in [0.29, 0.717) is 25.9 Å². The van der Waals surface area contributed by atoms with Gasteiger partial charge in [0.25, 0.3) is 5.91 Å². The highest BCUT2D eigenvalue weighted by atomic mass is 19.4. The van der Waals surface area contributed by atoms with Crippen molar-refractivity contribution in [2.75, 3.05) is 13.1 Å². The van der Waals surface area contributed by atoms with Gasteiger partial charge in [0.15, 0.2) is 5.69 Å². The van der Waals surface area contributed by atoms with Crippen LogP contribution < -0.4 is 11.1 Å². The number of piperidine rings is 1. The first-order valence-corrected chi connectivity index (χ1v) is 8.51. The number of nitrogens with one attached hydrogen (secondary N) is 1. The van der Waals surface area contributed by atoms with Crippen LogP contribution in [0.1, 0.15) is 40.8 Å². The minimum absolute atomic E-state index is 0.0187. The standard InChI is InChI=1S/C16H18F3N7O2/c17-16(18,19)13-3-1-2-10(22-13)8-21-15(28)25-6-4-11(5-7-25)26-9-12(14(20)27)23-24-26/h1-3,9,11H,4-8H2,(H2,20,27)(H,21,28). The third kappa shape index (κ3) is 4.56. The summed E-state index contributed by atoms with van der Waals surface area (Å²) in [6.45, 7) is 0.754. The van der Waals surface area contributed by atoms with Gasteiger partial charge in [-0.2, -0.15) is 13.2 Å². The van der Waals surface area contributed by atoms with Crippen LogP contribution in [0.25, 0.3) is 0 Å². The van der Waals surface area contributed by atoms with Gasteiger partial charge in [0.1, 0.15) is 5.69 Å². The largest absolute Gasteiger partial charge is 0.433 e. The molecule has 12 heteroatoms. The molecule has 3 amide bonds. The number of likely N-dealkylation sites (tertiary alicyclic amines) is 1. The van der Waals surface area contributed by atoms with Gasteiger partial charge in [-0.15, -0.1) is 5.10 Å². The molecule has 150 valence electrons. The molecule has 3 N–H and O–H groups in total. The minimum atomic E-state index is -4.53. The van der Waals surface area contributed by atoms with Crippen LogP contribution in [0, 0.1) is 0 Å². The molecule has 0 unspecified atom stereocenters. The average Bonchev–Trinajstić information content (AvgIpc) is 3.16. The Morgan fingerprint density at radius 1 is 1.25 bits per heavy atom. The van der Waals surface area contributed by atoms with Crippen LogP contribution in [-0.4, -0.2) is 49.9 Å². The van der Waals surface area contributed by atoms with Crippen LogP contribution in [0.2, 0.25) is 0 Å². The maximum absolute atomic E-state index is 12.7. The van der Waals surface area contributed by atoms with E-state index in [4.69, 9.17) is 5.73 Å². The summed E-state index contributed by atoms with van der Waals surface area (Å²) < 4.78 is 39.6. The number of rotatable bonds is 4. The Bertz CT molecular complexity index is 860. The smallest absolute Gasteiger partial charge is 0.364 e. The van der Waals surface area contributed by atoms with E-state index in [1.807, 2.05) is 0 Å². The van der Waals surface area contributed by atoms with Crippen molar-refractivity contribution >= 4 is 11.9 Å². The van der Waals surface area contributed by atoms with Crippen molar-refractivity contribution in [2.24, 2.45) is 5.73 Å². The summed E-state index contributed by atoms with van der Waals surface area (Å²) in [7, 11) is 0. The van der Waals surface area contributed by atoms with Gasteiger partial charge in [-0.25, -0.2) is 14.5 Å². The fraction of sp³-hybridized carbons (Fsp3) is 0.438. The third-order valence-electron chi connectivity index (χ3n) is 4.41. The average molecular weight is 397 g/mol. The Morgan fingerprint density at radius 2 is 1.96 bits per heavy atom. The number of hydrogen-bond donors (Lipinski definition) is 2. The second kappa shape index (κ2) is 7.82. The van der Waals surface area contributed by atoms with Crippen LogP contribution in [-0.2, 0) is 12.7 Å². The lowest BCUT2D eigenvalue weighted by atomic mass is 10.1. The summed E-state index contributed by atoms with van der Waals surface area (Å²) in [5, 5.41) is 10.2. The maximum atomic E-state index is 12.7. The van der Waals surface area contributed by atoms with Gasteiger partial charge < -0.3 is 16.0 Å². The molecule has 0 bridgehead atoms. The van der Waals surface area contributed by atoms with Gasteiger partial charge in [0, 0.05) is 13.1 Å². The van der Waals surface area contributed by atoms with Crippen LogP contribution in [0.15, 0.2) is 24.4 Å². The first kappa shape index (κ1) is 19.6. The lowest BCUT2D eigenvalue weighted by Gasteiger charge is -2.31. The number of urea groups is 1. The summed E-state index contributed by atoms with van der Waals surface area (Å²) in [6, 6.07) is 3.15. The number of carbonyl (C=O) groups excluding carboxylic acids is 2. The Labute approximate surface area is 157 Å². The zero-order chi connectivity index (χ0) is 20.3. The minimum Gasteiger partial charge on any atom is -0.364 e. The topological polar surface area (TPSA) is 119 Å². The fourth-order valence-corrected chi connectivity index (χ4v) is 2.92. The molecule has 3 heterocycles. The maximum Gasteiger partial charge on any atom is 0.433 e. The lowest BCUT2D eigenvalue weighted by Crippen LogP contribution is -2.44. The van der Waals surface area contributed by atoms with Gasteiger partial charge in [-0.1, -0.05) is 11.3 Å². The summed E-state index contributed by atoms with van der Waals surface area (Å²) in [6.07, 6.45) is -1.87. The molecule has 1 aliphatic heterocycles. The molecule has 2 aromatic heterocycles. The molecule has 28 heavy (non-hydrogen) atoms. The van der Waals surface area contributed by atoms with Crippen LogP contribution >= 0.6 is 0 Å². The van der Waals surface area contributed by atoms with E-state index in [1.54, 1.807) is 9.58 Å². The Balaban J connectivity index is 1.51. The number of halogens is 3. The second-order valence-electron chi connectivity index (χ2n) is 6.34. The van der Waals surface area contributed by atoms with Crippen LogP contribution in [0.3, 0.4) is 0 Å². The van der Waals surface area contributed by atoms with Gasteiger partial charge in [-0.05, 0) is 25.0 Å². The number of primary amides is 1. The SMILES string of the molecule is NC(=O)c1cn(C2CCN(C(=O)NCc3cccc(C(F)(F)F)n3)CC2)nn1. The normalized spacial score (nSPS) is 15.5. The molecule has 9 nitrogen and oxygen atoms in total. The molecule has 1 aliphatic rings. The summed E-state index contributed by atoms with van der Waals surface area (Å²) in [5.41, 5.74) is 4.35. The van der Waals surface area contributed by atoms with Crippen LogP contribution in [0.5, 0.6) is 0 Å². The van der Waals surface area contributed by atoms with E-state index in [9.17, 15) is 22.8 Å². The molecule has 0 aromatic carbocycles. The fourth-order valence-electron chi connectivity index (χ4n) is 2.92. The molecular weight excluding hydrogens is 379 g/mol. The van der Waals surface area contributed by atoms with E-state index in [1.165, 1.54) is 18.3 Å². The number of nitrogens with zero attached hydrogens (tertiary/aromatic N) is 5. The lowest BCUT2D eigenvalue weighted by molar-refractivity contribution is -0.141. The first-order valence-electron chi connectivity index (χ1n) is 8.51. The highest BCUT2D eigenvalue weighted by Crippen LogP contribution is 2.27. The number of amides is 3. The zero-order valence-corrected chi connectivity index (χ0v) is 14.7. The highest BCUT2D eigenvalue weighted by molar-refractivity contribution is 5.90.